The number of hydrogen-bond donors (Lipinski definition) is 2. The summed E-state index contributed by atoms with van der Waals surface area (Å²) >= 11 is 3.33. The number of nitrogens with zero attached hydrogens (tertiary/aromatic N) is 1. The molecule has 0 aliphatic carbocycles. The van der Waals surface area contributed by atoms with Crippen molar-refractivity contribution in [1.29, 1.82) is 0 Å². The van der Waals surface area contributed by atoms with Crippen LogP contribution in [0.3, 0.4) is 0 Å². The van der Waals surface area contributed by atoms with Gasteiger partial charge in [0.05, 0.1) is 12.3 Å². The summed E-state index contributed by atoms with van der Waals surface area (Å²) < 4.78 is 6.19. The second kappa shape index (κ2) is 6.98. The largest absolute Gasteiger partial charge is 0.504 e. The quantitative estimate of drug-likeness (QED) is 0.608. The zero-order chi connectivity index (χ0) is 18.0. The van der Waals surface area contributed by atoms with E-state index in [9.17, 15) is 14.7 Å². The number of carbonyl (C=O) groups is 2. The molecule has 2 aromatic carbocycles. The fourth-order valence-electron chi connectivity index (χ4n) is 2.39. The molecule has 2 N–H and O–H groups in total. The number of anilines is 1. The maximum Gasteiger partial charge on any atom is 0.282 e. The Morgan fingerprint density at radius 3 is 2.60 bits per heavy atom. The predicted molar refractivity (Wildman–Crippen MR) is 97.0 cm³/mol. The van der Waals surface area contributed by atoms with Crippen LogP contribution in [0.1, 0.15) is 12.5 Å². The number of benzene rings is 2. The number of amides is 2. The maximum atomic E-state index is 12.6. The fraction of sp³-hybridized carbons (Fsp3) is 0.111. The molecule has 128 valence electrons. The normalized spacial score (nSPS) is 15.6. The summed E-state index contributed by atoms with van der Waals surface area (Å²) in [5, 5.41) is 10.9. The number of rotatable bonds is 4. The van der Waals surface area contributed by atoms with Crippen LogP contribution in [0.2, 0.25) is 0 Å². The van der Waals surface area contributed by atoms with E-state index in [0.29, 0.717) is 23.6 Å². The number of halogens is 1. The second-order valence-corrected chi connectivity index (χ2v) is 6.19. The van der Waals surface area contributed by atoms with Gasteiger partial charge in [0.2, 0.25) is 0 Å². The molecule has 0 bridgehead atoms. The lowest BCUT2D eigenvalue weighted by atomic mass is 10.1. The van der Waals surface area contributed by atoms with E-state index in [1.165, 1.54) is 17.2 Å². The van der Waals surface area contributed by atoms with Crippen molar-refractivity contribution < 1.29 is 19.4 Å². The molecular weight excluding hydrogens is 388 g/mol. The van der Waals surface area contributed by atoms with Crippen LogP contribution in [0.15, 0.2) is 52.5 Å². The molecule has 7 heteroatoms. The lowest BCUT2D eigenvalue weighted by Gasteiger charge is -2.14. The van der Waals surface area contributed by atoms with Crippen LogP contribution in [0, 0.1) is 0 Å². The van der Waals surface area contributed by atoms with E-state index in [1.54, 1.807) is 43.3 Å². The molecule has 0 unspecified atom stereocenters. The van der Waals surface area contributed by atoms with Gasteiger partial charge < -0.3 is 9.84 Å². The molecule has 25 heavy (non-hydrogen) atoms. The number of carbonyl (C=O) groups excluding carboxylic acids is 2. The van der Waals surface area contributed by atoms with Gasteiger partial charge in [0.15, 0.2) is 11.5 Å². The number of phenols is 1. The Bertz CT molecular complexity index is 862. The lowest BCUT2D eigenvalue weighted by molar-refractivity contribution is -0.117. The van der Waals surface area contributed by atoms with Crippen molar-refractivity contribution in [3.8, 4) is 11.5 Å². The molecule has 1 aliphatic rings. The monoisotopic (exact) mass is 402 g/mol. The number of nitrogens with one attached hydrogen (secondary N) is 1. The van der Waals surface area contributed by atoms with Gasteiger partial charge in [-0.3, -0.25) is 15.0 Å². The molecule has 6 nitrogen and oxygen atoms in total. The van der Waals surface area contributed by atoms with Gasteiger partial charge in [-0.1, -0.05) is 22.0 Å². The molecule has 3 rings (SSSR count). The Hall–Kier alpha value is -2.80. The summed E-state index contributed by atoms with van der Waals surface area (Å²) in [6.07, 6.45) is 1.47. The van der Waals surface area contributed by atoms with E-state index in [-0.39, 0.29) is 11.3 Å². The average Bonchev–Trinajstić information content (AvgIpc) is 2.87. The molecule has 2 amide bonds. The molecule has 1 aliphatic heterocycles. The van der Waals surface area contributed by atoms with Gasteiger partial charge in [-0.05, 0) is 55.0 Å². The van der Waals surface area contributed by atoms with Crippen molar-refractivity contribution in [3.63, 3.8) is 0 Å². The number of ether oxygens (including phenoxy) is 1. The van der Waals surface area contributed by atoms with Crippen LogP contribution >= 0.6 is 15.9 Å². The summed E-state index contributed by atoms with van der Waals surface area (Å²) in [5.74, 6) is -0.632. The highest BCUT2D eigenvalue weighted by Crippen LogP contribution is 2.29. The van der Waals surface area contributed by atoms with Gasteiger partial charge in [0, 0.05) is 4.47 Å². The van der Waals surface area contributed by atoms with E-state index in [1.807, 2.05) is 0 Å². The molecule has 0 radical (unpaired) electrons. The Kier molecular flexibility index (Phi) is 4.76. The standard InChI is InChI=1S/C18H15BrN2O4/c1-2-25-16-10-11(3-8-15(16)22)9-14-17(23)20-21(18(14)24)13-6-4-12(19)5-7-13/h3-10,22H,2H2,1H3,(H,20,23). The highest BCUT2D eigenvalue weighted by Gasteiger charge is 2.34. The topological polar surface area (TPSA) is 78.9 Å². The Morgan fingerprint density at radius 2 is 1.92 bits per heavy atom. The summed E-state index contributed by atoms with van der Waals surface area (Å²) in [7, 11) is 0. The smallest absolute Gasteiger partial charge is 0.282 e. The molecule has 2 aromatic rings. The van der Waals surface area contributed by atoms with E-state index in [2.05, 4.69) is 21.4 Å². The molecule has 1 saturated heterocycles. The van der Waals surface area contributed by atoms with Crippen LogP contribution in [0.5, 0.6) is 11.5 Å². The van der Waals surface area contributed by atoms with Crippen molar-refractivity contribution in [3.05, 3.63) is 58.1 Å². The van der Waals surface area contributed by atoms with E-state index in [0.717, 1.165) is 4.47 Å². The second-order valence-electron chi connectivity index (χ2n) is 5.28. The number of hydrazine groups is 1. The van der Waals surface area contributed by atoms with E-state index < -0.39 is 11.8 Å². The number of aromatic hydroxyl groups is 1. The third kappa shape index (κ3) is 3.51. The minimum atomic E-state index is -0.487. The summed E-state index contributed by atoms with van der Waals surface area (Å²) in [4.78, 5) is 24.8. The molecule has 0 spiro atoms. The molecule has 0 aromatic heterocycles. The highest BCUT2D eigenvalue weighted by atomic mass is 79.9. The van der Waals surface area contributed by atoms with Crippen LogP contribution in [0.4, 0.5) is 5.69 Å². The van der Waals surface area contributed by atoms with Crippen LogP contribution in [0.25, 0.3) is 6.08 Å². The third-order valence-electron chi connectivity index (χ3n) is 3.57. The van der Waals surface area contributed by atoms with Crippen molar-refractivity contribution in [2.45, 2.75) is 6.92 Å². The first-order valence-corrected chi connectivity index (χ1v) is 8.37. The molecule has 0 saturated carbocycles. The third-order valence-corrected chi connectivity index (χ3v) is 4.10. The SMILES string of the molecule is CCOc1cc(C=C2C(=O)NN(c3ccc(Br)cc3)C2=O)ccc1O. The first-order chi connectivity index (χ1) is 12.0. The molecule has 0 atom stereocenters. The maximum absolute atomic E-state index is 12.6. The minimum absolute atomic E-state index is 0.00249. The first-order valence-electron chi connectivity index (χ1n) is 7.58. The minimum Gasteiger partial charge on any atom is -0.504 e. The van der Waals surface area contributed by atoms with Crippen LogP contribution in [-0.2, 0) is 9.59 Å². The Balaban J connectivity index is 1.91. The van der Waals surface area contributed by atoms with Crippen molar-refractivity contribution in [2.24, 2.45) is 0 Å². The van der Waals surface area contributed by atoms with Crippen molar-refractivity contribution in [1.82, 2.24) is 5.43 Å². The zero-order valence-electron chi connectivity index (χ0n) is 13.3. The van der Waals surface area contributed by atoms with E-state index >= 15 is 0 Å². The summed E-state index contributed by atoms with van der Waals surface area (Å²) in [6.45, 7) is 2.19. The van der Waals surface area contributed by atoms with Gasteiger partial charge in [-0.25, -0.2) is 5.01 Å². The Labute approximate surface area is 152 Å². The van der Waals surface area contributed by atoms with Gasteiger partial charge in [-0.15, -0.1) is 0 Å². The number of phenolic OH excluding ortho intramolecular Hbond substituents is 1. The van der Waals surface area contributed by atoms with Gasteiger partial charge in [-0.2, -0.15) is 0 Å². The summed E-state index contributed by atoms with van der Waals surface area (Å²) in [5.41, 5.74) is 3.69. The van der Waals surface area contributed by atoms with E-state index in [4.69, 9.17) is 4.74 Å². The average molecular weight is 403 g/mol. The van der Waals surface area contributed by atoms with Crippen LogP contribution < -0.4 is 15.2 Å². The number of hydrogen-bond acceptors (Lipinski definition) is 4. The van der Waals surface area contributed by atoms with Gasteiger partial charge >= 0.3 is 0 Å². The molecular formula is C18H15BrN2O4. The predicted octanol–water partition coefficient (Wildman–Crippen LogP) is 3.01. The lowest BCUT2D eigenvalue weighted by Crippen LogP contribution is -2.35. The summed E-state index contributed by atoms with van der Waals surface area (Å²) in [6, 6.07) is 11.6. The molecule has 1 fully saturated rings. The first kappa shape index (κ1) is 17.0. The fourth-order valence-corrected chi connectivity index (χ4v) is 2.65. The molecule has 1 heterocycles. The van der Waals surface area contributed by atoms with Gasteiger partial charge in [0.1, 0.15) is 5.57 Å². The van der Waals surface area contributed by atoms with Gasteiger partial charge in [0.25, 0.3) is 11.8 Å². The van der Waals surface area contributed by atoms with Crippen molar-refractivity contribution in [2.75, 3.05) is 11.6 Å². The highest BCUT2D eigenvalue weighted by molar-refractivity contribution is 9.10. The van der Waals surface area contributed by atoms with Crippen LogP contribution in [-0.4, -0.2) is 23.5 Å². The zero-order valence-corrected chi connectivity index (χ0v) is 14.9. The van der Waals surface area contributed by atoms with Crippen molar-refractivity contribution >= 4 is 39.5 Å². The Morgan fingerprint density at radius 1 is 1.20 bits per heavy atom.